The first-order chi connectivity index (χ1) is 9.16. The van der Waals surface area contributed by atoms with Crippen molar-refractivity contribution >= 4 is 5.91 Å². The van der Waals surface area contributed by atoms with E-state index in [9.17, 15) is 9.90 Å². The van der Waals surface area contributed by atoms with Crippen molar-refractivity contribution < 1.29 is 14.6 Å². The standard InChI is InChI=1S/C14H20N2O3/c1-10(17)15-8-13-14(18)12(9-19-13)16-7-11-5-3-2-4-6-11/h2-6,12-14,16,18H,7-9H2,1H3,(H,15,17). The Kier molecular flexibility index (Phi) is 4.90. The Balaban J connectivity index is 1.78. The lowest BCUT2D eigenvalue weighted by atomic mass is 10.1. The molecule has 19 heavy (non-hydrogen) atoms. The second-order valence-corrected chi connectivity index (χ2v) is 4.77. The smallest absolute Gasteiger partial charge is 0.216 e. The molecule has 0 bridgehead atoms. The Morgan fingerprint density at radius 3 is 2.84 bits per heavy atom. The first kappa shape index (κ1) is 14.0. The summed E-state index contributed by atoms with van der Waals surface area (Å²) in [6, 6.07) is 9.91. The Morgan fingerprint density at radius 2 is 2.16 bits per heavy atom. The van der Waals surface area contributed by atoms with E-state index < -0.39 is 6.10 Å². The van der Waals surface area contributed by atoms with Crippen molar-refractivity contribution in [1.29, 1.82) is 0 Å². The van der Waals surface area contributed by atoms with Crippen LogP contribution in [0.4, 0.5) is 0 Å². The van der Waals surface area contributed by atoms with Crippen molar-refractivity contribution in [2.24, 2.45) is 0 Å². The number of hydrogen-bond acceptors (Lipinski definition) is 4. The van der Waals surface area contributed by atoms with Gasteiger partial charge in [-0.05, 0) is 5.56 Å². The number of aliphatic hydroxyl groups excluding tert-OH is 1. The molecular formula is C14H20N2O3. The van der Waals surface area contributed by atoms with Crippen molar-refractivity contribution in [3.05, 3.63) is 35.9 Å². The highest BCUT2D eigenvalue weighted by Gasteiger charge is 2.35. The number of rotatable bonds is 5. The zero-order valence-corrected chi connectivity index (χ0v) is 11.0. The third-order valence-electron chi connectivity index (χ3n) is 3.25. The molecule has 5 nitrogen and oxygen atoms in total. The average Bonchev–Trinajstić information content (AvgIpc) is 2.76. The number of benzene rings is 1. The van der Waals surface area contributed by atoms with Crippen molar-refractivity contribution in [3.63, 3.8) is 0 Å². The Morgan fingerprint density at radius 1 is 1.42 bits per heavy atom. The fraction of sp³-hybridized carbons (Fsp3) is 0.500. The fourth-order valence-electron chi connectivity index (χ4n) is 2.13. The molecule has 0 saturated carbocycles. The number of aliphatic hydroxyl groups is 1. The minimum absolute atomic E-state index is 0.0982. The van der Waals surface area contributed by atoms with E-state index >= 15 is 0 Å². The Labute approximate surface area is 113 Å². The number of amides is 1. The van der Waals surface area contributed by atoms with E-state index in [4.69, 9.17) is 4.74 Å². The van der Waals surface area contributed by atoms with Crippen LogP contribution in [0.25, 0.3) is 0 Å². The quantitative estimate of drug-likeness (QED) is 0.702. The maximum atomic E-state index is 10.8. The van der Waals surface area contributed by atoms with Crippen LogP contribution in [-0.2, 0) is 16.1 Å². The fourth-order valence-corrected chi connectivity index (χ4v) is 2.13. The van der Waals surface area contributed by atoms with Crippen LogP contribution < -0.4 is 10.6 Å². The van der Waals surface area contributed by atoms with Crippen molar-refractivity contribution in [1.82, 2.24) is 10.6 Å². The molecule has 0 spiro atoms. The van der Waals surface area contributed by atoms with Gasteiger partial charge in [0.05, 0.1) is 18.8 Å². The molecule has 3 unspecified atom stereocenters. The average molecular weight is 264 g/mol. The highest BCUT2D eigenvalue weighted by Crippen LogP contribution is 2.14. The number of carbonyl (C=O) groups excluding carboxylic acids is 1. The minimum Gasteiger partial charge on any atom is -0.389 e. The van der Waals surface area contributed by atoms with E-state index in [-0.39, 0.29) is 18.1 Å². The summed E-state index contributed by atoms with van der Waals surface area (Å²) in [5.41, 5.74) is 1.17. The second kappa shape index (κ2) is 6.65. The molecule has 5 heteroatoms. The summed E-state index contributed by atoms with van der Waals surface area (Å²) in [6.07, 6.45) is -0.937. The van der Waals surface area contributed by atoms with Crippen LogP contribution in [0, 0.1) is 0 Å². The lowest BCUT2D eigenvalue weighted by Crippen LogP contribution is -2.44. The lowest BCUT2D eigenvalue weighted by molar-refractivity contribution is -0.119. The molecule has 1 aromatic carbocycles. The van der Waals surface area contributed by atoms with Crippen molar-refractivity contribution in [2.75, 3.05) is 13.2 Å². The molecule has 1 aromatic rings. The summed E-state index contributed by atoms with van der Waals surface area (Å²) in [7, 11) is 0. The molecule has 0 aliphatic carbocycles. The number of carbonyl (C=O) groups is 1. The predicted octanol–water partition coefficient (Wildman–Crippen LogP) is 0.0406. The van der Waals surface area contributed by atoms with Crippen molar-refractivity contribution in [3.8, 4) is 0 Å². The van der Waals surface area contributed by atoms with E-state index in [2.05, 4.69) is 10.6 Å². The molecule has 3 N–H and O–H groups in total. The molecule has 1 aliphatic rings. The van der Waals surface area contributed by atoms with Gasteiger partial charge in [0.25, 0.3) is 0 Å². The van der Waals surface area contributed by atoms with Gasteiger partial charge in [-0.15, -0.1) is 0 Å². The van der Waals surface area contributed by atoms with Gasteiger partial charge in [-0.1, -0.05) is 30.3 Å². The van der Waals surface area contributed by atoms with E-state index in [0.29, 0.717) is 19.7 Å². The SMILES string of the molecule is CC(=O)NCC1OCC(NCc2ccccc2)C1O. The van der Waals surface area contributed by atoms with Gasteiger partial charge >= 0.3 is 0 Å². The molecule has 2 rings (SSSR count). The second-order valence-electron chi connectivity index (χ2n) is 4.77. The largest absolute Gasteiger partial charge is 0.389 e. The van der Waals surface area contributed by atoms with Gasteiger partial charge in [0, 0.05) is 20.0 Å². The molecule has 3 atom stereocenters. The van der Waals surface area contributed by atoms with E-state index in [0.717, 1.165) is 0 Å². The van der Waals surface area contributed by atoms with Gasteiger partial charge in [0.15, 0.2) is 0 Å². The first-order valence-electron chi connectivity index (χ1n) is 6.48. The normalized spacial score (nSPS) is 26.3. The van der Waals surface area contributed by atoms with E-state index in [1.165, 1.54) is 12.5 Å². The van der Waals surface area contributed by atoms with Crippen LogP contribution in [-0.4, -0.2) is 42.4 Å². The van der Waals surface area contributed by atoms with E-state index in [1.807, 2.05) is 30.3 Å². The summed E-state index contributed by atoms with van der Waals surface area (Å²) in [6.45, 7) is 2.95. The lowest BCUT2D eigenvalue weighted by Gasteiger charge is -2.18. The molecule has 0 aromatic heterocycles. The topological polar surface area (TPSA) is 70.6 Å². The number of nitrogens with one attached hydrogen (secondary N) is 2. The number of hydrogen-bond donors (Lipinski definition) is 3. The van der Waals surface area contributed by atoms with Crippen LogP contribution in [0.1, 0.15) is 12.5 Å². The molecule has 1 saturated heterocycles. The van der Waals surface area contributed by atoms with Gasteiger partial charge in [0.1, 0.15) is 6.10 Å². The summed E-state index contributed by atoms with van der Waals surface area (Å²) in [5.74, 6) is -0.114. The van der Waals surface area contributed by atoms with Crippen LogP contribution in [0.15, 0.2) is 30.3 Å². The molecule has 1 aliphatic heterocycles. The molecular weight excluding hydrogens is 244 g/mol. The molecule has 1 heterocycles. The zero-order chi connectivity index (χ0) is 13.7. The summed E-state index contributed by atoms with van der Waals surface area (Å²) < 4.78 is 5.49. The summed E-state index contributed by atoms with van der Waals surface area (Å²) in [4.78, 5) is 10.8. The monoisotopic (exact) mass is 264 g/mol. The predicted molar refractivity (Wildman–Crippen MR) is 71.5 cm³/mol. The molecule has 1 fully saturated rings. The highest BCUT2D eigenvalue weighted by atomic mass is 16.5. The number of ether oxygens (including phenoxy) is 1. The third kappa shape index (κ3) is 4.02. The van der Waals surface area contributed by atoms with Gasteiger partial charge in [-0.3, -0.25) is 4.79 Å². The molecule has 0 radical (unpaired) electrons. The Hall–Kier alpha value is -1.43. The molecule has 1 amide bonds. The zero-order valence-electron chi connectivity index (χ0n) is 11.0. The minimum atomic E-state index is -0.601. The van der Waals surface area contributed by atoms with Crippen LogP contribution in [0.3, 0.4) is 0 Å². The Bertz CT molecular complexity index is 410. The van der Waals surface area contributed by atoms with Crippen LogP contribution >= 0.6 is 0 Å². The highest BCUT2D eigenvalue weighted by molar-refractivity contribution is 5.72. The van der Waals surface area contributed by atoms with Gasteiger partial charge in [-0.25, -0.2) is 0 Å². The molecule has 104 valence electrons. The van der Waals surface area contributed by atoms with Gasteiger partial charge in [-0.2, -0.15) is 0 Å². The van der Waals surface area contributed by atoms with Crippen LogP contribution in [0.2, 0.25) is 0 Å². The van der Waals surface area contributed by atoms with E-state index in [1.54, 1.807) is 0 Å². The van der Waals surface area contributed by atoms with Crippen LogP contribution in [0.5, 0.6) is 0 Å². The maximum Gasteiger partial charge on any atom is 0.216 e. The van der Waals surface area contributed by atoms with Gasteiger partial charge in [0.2, 0.25) is 5.91 Å². The first-order valence-corrected chi connectivity index (χ1v) is 6.48. The summed E-state index contributed by atoms with van der Waals surface area (Å²) in [5, 5.41) is 16.0. The third-order valence-corrected chi connectivity index (χ3v) is 3.25. The van der Waals surface area contributed by atoms with Gasteiger partial charge < -0.3 is 20.5 Å². The summed E-state index contributed by atoms with van der Waals surface area (Å²) >= 11 is 0. The van der Waals surface area contributed by atoms with Crippen molar-refractivity contribution in [2.45, 2.75) is 31.7 Å². The maximum absolute atomic E-state index is 10.8.